The Kier molecular flexibility index (Phi) is 6.80. The first-order valence-corrected chi connectivity index (χ1v) is 10.3. The SMILES string of the molecule is CCN(CC)c1ccc(C(=O)N2CCCC(C(=O)Nc3cccc(C)n3)C2)cn1. The maximum atomic E-state index is 12.9. The van der Waals surface area contributed by atoms with Crippen LogP contribution in [0.15, 0.2) is 36.5 Å². The second kappa shape index (κ2) is 9.49. The average Bonchev–Trinajstić information content (AvgIpc) is 2.75. The van der Waals surface area contributed by atoms with Crippen LogP contribution in [0.25, 0.3) is 0 Å². The molecule has 1 saturated heterocycles. The van der Waals surface area contributed by atoms with Gasteiger partial charge in [-0.3, -0.25) is 9.59 Å². The fourth-order valence-electron chi connectivity index (χ4n) is 3.65. The van der Waals surface area contributed by atoms with Gasteiger partial charge in [0.15, 0.2) is 0 Å². The molecule has 1 aliphatic heterocycles. The Hall–Kier alpha value is -2.96. The fraction of sp³-hybridized carbons (Fsp3) is 0.455. The number of nitrogens with zero attached hydrogens (tertiary/aromatic N) is 4. The molecule has 7 heteroatoms. The number of rotatable bonds is 6. The summed E-state index contributed by atoms with van der Waals surface area (Å²) in [4.78, 5) is 38.2. The molecule has 1 aliphatic rings. The van der Waals surface area contributed by atoms with E-state index in [1.807, 2.05) is 31.2 Å². The second-order valence-corrected chi connectivity index (χ2v) is 7.32. The largest absolute Gasteiger partial charge is 0.357 e. The topological polar surface area (TPSA) is 78.4 Å². The molecular weight excluding hydrogens is 366 g/mol. The Morgan fingerprint density at radius 3 is 2.66 bits per heavy atom. The Morgan fingerprint density at radius 1 is 1.21 bits per heavy atom. The van der Waals surface area contributed by atoms with Gasteiger partial charge < -0.3 is 15.1 Å². The number of hydrogen-bond donors (Lipinski definition) is 1. The van der Waals surface area contributed by atoms with Gasteiger partial charge in [-0.15, -0.1) is 0 Å². The fourth-order valence-corrected chi connectivity index (χ4v) is 3.65. The van der Waals surface area contributed by atoms with E-state index < -0.39 is 0 Å². The van der Waals surface area contributed by atoms with Crippen molar-refractivity contribution in [3.63, 3.8) is 0 Å². The molecule has 1 atom stereocenters. The molecule has 1 fully saturated rings. The van der Waals surface area contributed by atoms with E-state index in [9.17, 15) is 9.59 Å². The molecule has 154 valence electrons. The monoisotopic (exact) mass is 395 g/mol. The molecular formula is C22H29N5O2. The first kappa shape index (κ1) is 20.8. The lowest BCUT2D eigenvalue weighted by Gasteiger charge is -2.32. The van der Waals surface area contributed by atoms with Crippen molar-refractivity contribution in [3.05, 3.63) is 47.8 Å². The van der Waals surface area contributed by atoms with Gasteiger partial charge >= 0.3 is 0 Å². The Labute approximate surface area is 172 Å². The molecule has 0 aliphatic carbocycles. The summed E-state index contributed by atoms with van der Waals surface area (Å²) in [5.41, 5.74) is 1.41. The van der Waals surface area contributed by atoms with E-state index in [4.69, 9.17) is 0 Å². The first-order valence-electron chi connectivity index (χ1n) is 10.3. The molecule has 0 saturated carbocycles. The predicted octanol–water partition coefficient (Wildman–Crippen LogP) is 3.12. The average molecular weight is 396 g/mol. The van der Waals surface area contributed by atoms with Crippen molar-refractivity contribution < 1.29 is 9.59 Å². The minimum atomic E-state index is -0.238. The molecule has 0 bridgehead atoms. The molecule has 7 nitrogen and oxygen atoms in total. The highest BCUT2D eigenvalue weighted by Gasteiger charge is 2.29. The smallest absolute Gasteiger partial charge is 0.255 e. The van der Waals surface area contributed by atoms with Crippen molar-refractivity contribution in [1.29, 1.82) is 0 Å². The summed E-state index contributed by atoms with van der Waals surface area (Å²) in [5.74, 6) is 1.02. The van der Waals surface area contributed by atoms with Gasteiger partial charge in [-0.05, 0) is 57.9 Å². The molecule has 2 aromatic rings. The van der Waals surface area contributed by atoms with E-state index >= 15 is 0 Å². The summed E-state index contributed by atoms with van der Waals surface area (Å²) in [6, 6.07) is 9.24. The summed E-state index contributed by atoms with van der Waals surface area (Å²) in [7, 11) is 0. The standard InChI is InChI=1S/C22H29N5O2/c1-4-26(5-2)20-12-11-17(14-23-20)22(29)27-13-7-9-18(15-27)21(28)25-19-10-6-8-16(3)24-19/h6,8,10-12,14,18H,4-5,7,9,13,15H2,1-3H3,(H,24,25,28). The summed E-state index contributed by atoms with van der Waals surface area (Å²) in [6.45, 7) is 8.85. The van der Waals surface area contributed by atoms with E-state index in [2.05, 4.69) is 34.0 Å². The first-order chi connectivity index (χ1) is 14.0. The number of amides is 2. The lowest BCUT2D eigenvalue weighted by Crippen LogP contribution is -2.43. The lowest BCUT2D eigenvalue weighted by atomic mass is 9.96. The lowest BCUT2D eigenvalue weighted by molar-refractivity contribution is -0.121. The van der Waals surface area contributed by atoms with E-state index in [0.29, 0.717) is 24.5 Å². The van der Waals surface area contributed by atoms with Crippen molar-refractivity contribution in [2.45, 2.75) is 33.6 Å². The van der Waals surface area contributed by atoms with Crippen molar-refractivity contribution >= 4 is 23.5 Å². The Bertz CT molecular complexity index is 849. The number of hydrogen-bond acceptors (Lipinski definition) is 5. The van der Waals surface area contributed by atoms with Gasteiger partial charge in [-0.1, -0.05) is 6.07 Å². The van der Waals surface area contributed by atoms with Gasteiger partial charge in [0.2, 0.25) is 5.91 Å². The number of aryl methyl sites for hydroxylation is 1. The van der Waals surface area contributed by atoms with Gasteiger partial charge in [-0.2, -0.15) is 0 Å². The van der Waals surface area contributed by atoms with E-state index in [1.165, 1.54) is 0 Å². The zero-order valence-electron chi connectivity index (χ0n) is 17.4. The number of nitrogens with one attached hydrogen (secondary N) is 1. The summed E-state index contributed by atoms with van der Waals surface area (Å²) < 4.78 is 0. The maximum absolute atomic E-state index is 12.9. The van der Waals surface area contributed by atoms with Crippen LogP contribution in [0.1, 0.15) is 42.7 Å². The number of carbonyl (C=O) groups is 2. The van der Waals surface area contributed by atoms with Crippen LogP contribution >= 0.6 is 0 Å². The molecule has 0 radical (unpaired) electrons. The summed E-state index contributed by atoms with van der Waals surface area (Å²) in [6.07, 6.45) is 3.20. The highest BCUT2D eigenvalue weighted by Crippen LogP contribution is 2.21. The van der Waals surface area contributed by atoms with Crippen LogP contribution in [0.4, 0.5) is 11.6 Å². The third-order valence-corrected chi connectivity index (χ3v) is 5.30. The van der Waals surface area contributed by atoms with Crippen LogP contribution in [-0.4, -0.2) is 52.9 Å². The summed E-state index contributed by atoms with van der Waals surface area (Å²) in [5, 5.41) is 2.88. The van der Waals surface area contributed by atoms with E-state index in [-0.39, 0.29) is 17.7 Å². The van der Waals surface area contributed by atoms with E-state index in [0.717, 1.165) is 37.4 Å². The van der Waals surface area contributed by atoms with Gasteiger partial charge in [0.1, 0.15) is 11.6 Å². The molecule has 1 N–H and O–H groups in total. The van der Waals surface area contributed by atoms with Gasteiger partial charge in [0.25, 0.3) is 5.91 Å². The van der Waals surface area contributed by atoms with Gasteiger partial charge in [0.05, 0.1) is 11.5 Å². The Balaban J connectivity index is 1.63. The third kappa shape index (κ3) is 5.10. The number of likely N-dealkylation sites (tertiary alicyclic amines) is 1. The highest BCUT2D eigenvalue weighted by molar-refractivity contribution is 5.96. The molecule has 1 unspecified atom stereocenters. The third-order valence-electron chi connectivity index (χ3n) is 5.30. The van der Waals surface area contributed by atoms with Crippen LogP contribution in [-0.2, 0) is 4.79 Å². The molecule has 2 amide bonds. The van der Waals surface area contributed by atoms with Crippen molar-refractivity contribution in [3.8, 4) is 0 Å². The molecule has 2 aromatic heterocycles. The van der Waals surface area contributed by atoms with Gasteiger partial charge in [-0.25, -0.2) is 9.97 Å². The maximum Gasteiger partial charge on any atom is 0.255 e. The predicted molar refractivity (Wildman–Crippen MR) is 114 cm³/mol. The van der Waals surface area contributed by atoms with Crippen molar-refractivity contribution in [1.82, 2.24) is 14.9 Å². The molecule has 29 heavy (non-hydrogen) atoms. The normalized spacial score (nSPS) is 16.4. The van der Waals surface area contributed by atoms with Crippen LogP contribution in [0.3, 0.4) is 0 Å². The van der Waals surface area contributed by atoms with Crippen LogP contribution in [0.2, 0.25) is 0 Å². The summed E-state index contributed by atoms with van der Waals surface area (Å²) >= 11 is 0. The molecule has 3 rings (SSSR count). The Morgan fingerprint density at radius 2 is 2.00 bits per heavy atom. The molecule has 0 spiro atoms. The minimum Gasteiger partial charge on any atom is -0.357 e. The number of carbonyl (C=O) groups excluding carboxylic acids is 2. The molecule has 3 heterocycles. The van der Waals surface area contributed by atoms with Crippen molar-refractivity contribution in [2.24, 2.45) is 5.92 Å². The zero-order valence-corrected chi connectivity index (χ0v) is 17.4. The van der Waals surface area contributed by atoms with E-state index in [1.54, 1.807) is 17.2 Å². The number of anilines is 2. The molecule has 0 aromatic carbocycles. The minimum absolute atomic E-state index is 0.0743. The van der Waals surface area contributed by atoms with Crippen molar-refractivity contribution in [2.75, 3.05) is 36.4 Å². The van der Waals surface area contributed by atoms with Crippen LogP contribution in [0.5, 0.6) is 0 Å². The van der Waals surface area contributed by atoms with Gasteiger partial charge in [0, 0.05) is 38.1 Å². The highest BCUT2D eigenvalue weighted by atomic mass is 16.2. The quantitative estimate of drug-likeness (QED) is 0.813. The number of piperidine rings is 1. The number of aromatic nitrogens is 2. The van der Waals surface area contributed by atoms with Crippen LogP contribution in [0, 0.1) is 12.8 Å². The van der Waals surface area contributed by atoms with Crippen LogP contribution < -0.4 is 10.2 Å². The second-order valence-electron chi connectivity index (χ2n) is 7.32. The zero-order chi connectivity index (χ0) is 20.8. The number of pyridine rings is 2.